The Balaban J connectivity index is 1.82. The number of carbonyl (C=O) groups is 1. The molecule has 3 N–H and O–H groups in total. The average Bonchev–Trinajstić information content (AvgIpc) is 3.00. The molecule has 0 radical (unpaired) electrons. The van der Waals surface area contributed by atoms with E-state index in [9.17, 15) is 20.1 Å². The number of ether oxygens (including phenoxy) is 3. The molecule has 2 heterocycles. The van der Waals surface area contributed by atoms with Gasteiger partial charge in [0.25, 0.3) is 0 Å². The van der Waals surface area contributed by atoms with Crippen molar-refractivity contribution in [3.05, 3.63) is 35.9 Å². The van der Waals surface area contributed by atoms with E-state index in [-0.39, 0.29) is 12.5 Å². The van der Waals surface area contributed by atoms with Gasteiger partial charge in [0.15, 0.2) is 6.29 Å². The number of hydrogen-bond donors (Lipinski definition) is 3. The zero-order valence-corrected chi connectivity index (χ0v) is 14.8. The van der Waals surface area contributed by atoms with Crippen LogP contribution in [0.25, 0.3) is 0 Å². The molecule has 2 aliphatic rings. The Morgan fingerprint density at radius 2 is 2.04 bits per heavy atom. The smallest absolute Gasteiger partial charge is 0.302 e. The molecule has 0 aromatic heterocycles. The molecule has 144 valence electrons. The first-order chi connectivity index (χ1) is 12.5. The molecule has 0 spiro atoms. The number of aliphatic hydroxyl groups is 3. The van der Waals surface area contributed by atoms with Crippen molar-refractivity contribution in [1.82, 2.24) is 0 Å². The van der Waals surface area contributed by atoms with Crippen molar-refractivity contribution in [2.24, 2.45) is 11.3 Å². The lowest BCUT2D eigenvalue weighted by Crippen LogP contribution is -2.64. The topological polar surface area (TPSA) is 105 Å². The highest BCUT2D eigenvalue weighted by Gasteiger charge is 2.63. The number of carbonyl (C=O) groups excluding carboxylic acids is 1. The van der Waals surface area contributed by atoms with E-state index < -0.39 is 42.6 Å². The largest absolute Gasteiger partial charge is 0.465 e. The van der Waals surface area contributed by atoms with E-state index in [0.29, 0.717) is 13.0 Å². The van der Waals surface area contributed by atoms with Gasteiger partial charge in [-0.3, -0.25) is 4.79 Å². The SMILES string of the molecule is CC(=O)OC[C@]12[C@@H](CCc3ccccc3)CO[C@H]1O[C@H](CO)[C@H](O)[C@@H]2O. The quantitative estimate of drug-likeness (QED) is 0.620. The number of benzene rings is 1. The monoisotopic (exact) mass is 366 g/mol. The van der Waals surface area contributed by atoms with Crippen LogP contribution in [0.3, 0.4) is 0 Å². The van der Waals surface area contributed by atoms with Crippen LogP contribution in [0, 0.1) is 11.3 Å². The Morgan fingerprint density at radius 3 is 2.69 bits per heavy atom. The molecule has 7 heteroatoms. The van der Waals surface area contributed by atoms with Crippen molar-refractivity contribution in [3.8, 4) is 0 Å². The van der Waals surface area contributed by atoms with E-state index >= 15 is 0 Å². The molecule has 3 rings (SSSR count). The molecule has 1 aromatic rings. The van der Waals surface area contributed by atoms with E-state index in [0.717, 1.165) is 12.0 Å². The fraction of sp³-hybridized carbons (Fsp3) is 0.632. The lowest BCUT2D eigenvalue weighted by atomic mass is 9.67. The van der Waals surface area contributed by atoms with Crippen LogP contribution < -0.4 is 0 Å². The Kier molecular flexibility index (Phi) is 5.94. The maximum Gasteiger partial charge on any atom is 0.302 e. The Hall–Kier alpha value is -1.51. The van der Waals surface area contributed by atoms with Gasteiger partial charge in [-0.15, -0.1) is 0 Å². The van der Waals surface area contributed by atoms with Gasteiger partial charge < -0.3 is 29.5 Å². The van der Waals surface area contributed by atoms with Crippen LogP contribution in [-0.2, 0) is 25.4 Å². The summed E-state index contributed by atoms with van der Waals surface area (Å²) in [5.74, 6) is -0.644. The third kappa shape index (κ3) is 3.50. The summed E-state index contributed by atoms with van der Waals surface area (Å²) in [4.78, 5) is 11.4. The lowest BCUT2D eigenvalue weighted by molar-refractivity contribution is -0.303. The Labute approximate surface area is 152 Å². The molecular weight excluding hydrogens is 340 g/mol. The highest BCUT2D eigenvalue weighted by Crippen LogP contribution is 2.50. The summed E-state index contributed by atoms with van der Waals surface area (Å²) in [6.07, 6.45) is -2.87. The van der Waals surface area contributed by atoms with E-state index in [4.69, 9.17) is 14.2 Å². The van der Waals surface area contributed by atoms with Crippen molar-refractivity contribution in [1.29, 1.82) is 0 Å². The van der Waals surface area contributed by atoms with Gasteiger partial charge in [-0.25, -0.2) is 0 Å². The van der Waals surface area contributed by atoms with Crippen molar-refractivity contribution in [2.45, 2.75) is 44.4 Å². The van der Waals surface area contributed by atoms with E-state index in [2.05, 4.69) is 0 Å². The predicted octanol–water partition coefficient (Wildman–Crippen LogP) is 0.254. The van der Waals surface area contributed by atoms with Crippen LogP contribution in [-0.4, -0.2) is 65.7 Å². The minimum atomic E-state index is -1.28. The molecule has 0 bridgehead atoms. The molecule has 1 aromatic carbocycles. The fourth-order valence-corrected chi connectivity index (χ4v) is 4.00. The molecule has 2 aliphatic heterocycles. The van der Waals surface area contributed by atoms with Gasteiger partial charge in [-0.1, -0.05) is 30.3 Å². The summed E-state index contributed by atoms with van der Waals surface area (Å²) in [5, 5.41) is 30.6. The number of esters is 1. The molecule has 26 heavy (non-hydrogen) atoms. The van der Waals surface area contributed by atoms with Gasteiger partial charge in [0.1, 0.15) is 18.8 Å². The number of aliphatic hydroxyl groups excluding tert-OH is 3. The zero-order chi connectivity index (χ0) is 18.7. The van der Waals surface area contributed by atoms with Gasteiger partial charge in [-0.2, -0.15) is 0 Å². The van der Waals surface area contributed by atoms with Crippen LogP contribution in [0.15, 0.2) is 30.3 Å². The standard InChI is InChI=1S/C19H26O7/c1-12(21)25-11-19-14(8-7-13-5-3-2-4-6-13)10-24-18(19)26-15(9-20)16(22)17(19)23/h2-6,14-18,20,22-23H,7-11H2,1H3/t14-,15+,16-,17-,18-,19+/m0/s1. The molecule has 7 nitrogen and oxygen atoms in total. The fourth-order valence-electron chi connectivity index (χ4n) is 4.00. The summed E-state index contributed by atoms with van der Waals surface area (Å²) in [7, 11) is 0. The maximum atomic E-state index is 11.4. The molecule has 0 saturated carbocycles. The minimum absolute atomic E-state index is 0.108. The number of aryl methyl sites for hydroxylation is 1. The van der Waals surface area contributed by atoms with Gasteiger partial charge in [0.05, 0.1) is 24.7 Å². The molecule has 0 unspecified atom stereocenters. The summed E-state index contributed by atoms with van der Waals surface area (Å²) < 4.78 is 16.7. The summed E-state index contributed by atoms with van der Waals surface area (Å²) in [5.41, 5.74) is 0.0875. The summed E-state index contributed by atoms with van der Waals surface area (Å²) in [6.45, 7) is 1.07. The predicted molar refractivity (Wildman–Crippen MR) is 91.0 cm³/mol. The molecule has 2 fully saturated rings. The number of rotatable bonds is 6. The van der Waals surface area contributed by atoms with Crippen molar-refractivity contribution >= 4 is 5.97 Å². The first kappa shape index (κ1) is 19.3. The summed E-state index contributed by atoms with van der Waals surface area (Å²) >= 11 is 0. The van der Waals surface area contributed by atoms with Crippen molar-refractivity contribution < 1.29 is 34.3 Å². The highest BCUT2D eigenvalue weighted by atomic mass is 16.7. The second-order valence-electron chi connectivity index (χ2n) is 7.07. The lowest BCUT2D eigenvalue weighted by Gasteiger charge is -2.48. The van der Waals surface area contributed by atoms with Gasteiger partial charge in [-0.05, 0) is 24.3 Å². The summed E-state index contributed by atoms with van der Waals surface area (Å²) in [6, 6.07) is 9.93. The first-order valence-electron chi connectivity index (χ1n) is 8.90. The normalized spacial score (nSPS) is 36.5. The van der Waals surface area contributed by atoms with E-state index in [1.165, 1.54) is 6.92 Å². The highest BCUT2D eigenvalue weighted by molar-refractivity contribution is 5.66. The zero-order valence-electron chi connectivity index (χ0n) is 14.8. The maximum absolute atomic E-state index is 11.4. The Bertz CT molecular complexity index is 607. The van der Waals surface area contributed by atoms with Crippen molar-refractivity contribution in [3.63, 3.8) is 0 Å². The molecule has 6 atom stereocenters. The molecule has 0 aliphatic carbocycles. The van der Waals surface area contributed by atoms with E-state index in [1.54, 1.807) is 0 Å². The Morgan fingerprint density at radius 1 is 1.31 bits per heavy atom. The van der Waals surface area contributed by atoms with Crippen LogP contribution in [0.1, 0.15) is 18.9 Å². The van der Waals surface area contributed by atoms with Gasteiger partial charge in [0.2, 0.25) is 0 Å². The minimum Gasteiger partial charge on any atom is -0.465 e. The second-order valence-corrected chi connectivity index (χ2v) is 7.07. The second kappa shape index (κ2) is 8.02. The molecule has 0 amide bonds. The third-order valence-corrected chi connectivity index (χ3v) is 5.53. The van der Waals surface area contributed by atoms with Gasteiger partial charge in [0, 0.05) is 6.92 Å². The van der Waals surface area contributed by atoms with Crippen LogP contribution in [0.5, 0.6) is 0 Å². The molecular formula is C19H26O7. The van der Waals surface area contributed by atoms with Crippen LogP contribution in [0.4, 0.5) is 0 Å². The van der Waals surface area contributed by atoms with Crippen molar-refractivity contribution in [2.75, 3.05) is 19.8 Å². The number of hydrogen-bond acceptors (Lipinski definition) is 7. The van der Waals surface area contributed by atoms with Gasteiger partial charge >= 0.3 is 5.97 Å². The molecule has 2 saturated heterocycles. The average molecular weight is 366 g/mol. The van der Waals surface area contributed by atoms with Crippen LogP contribution in [0.2, 0.25) is 0 Å². The number of fused-ring (bicyclic) bond motifs is 1. The van der Waals surface area contributed by atoms with E-state index in [1.807, 2.05) is 30.3 Å². The third-order valence-electron chi connectivity index (χ3n) is 5.53. The first-order valence-corrected chi connectivity index (χ1v) is 8.90. The van der Waals surface area contributed by atoms with Crippen LogP contribution >= 0.6 is 0 Å².